The van der Waals surface area contributed by atoms with E-state index >= 15 is 4.39 Å². The molecular weight excluding hydrogens is 622 g/mol. The molecule has 0 aliphatic rings. The third-order valence-electron chi connectivity index (χ3n) is 7.66. The summed E-state index contributed by atoms with van der Waals surface area (Å²) in [5, 5.41) is 10.8. The van der Waals surface area contributed by atoms with Crippen LogP contribution in [0.1, 0.15) is 16.7 Å². The minimum atomic E-state index is -3.47. The standard InChI is InChI=1S/C34H28F2N8O2S/c1-47(45,46)40-17-21-10-23(13-25(35)12-21)26-8-5-9-27-32(26)42-34(41-27)33-29-28(43-44-33)19-39-31(30(29)36)24-11-22(16-38-18-24)15-37-14-20-6-3-2-4-7-20/h2-13,16,18-19,37,40H,14-15,17H2,1H3,(H,41,42)(H,43,44). The van der Waals surface area contributed by atoms with E-state index in [0.29, 0.717) is 57.7 Å². The summed E-state index contributed by atoms with van der Waals surface area (Å²) in [7, 11) is -3.47. The van der Waals surface area contributed by atoms with Gasteiger partial charge in [0.2, 0.25) is 10.0 Å². The van der Waals surface area contributed by atoms with Crippen molar-refractivity contribution >= 4 is 32.0 Å². The number of hydrogen-bond donors (Lipinski definition) is 4. The molecule has 0 bridgehead atoms. The number of halogens is 2. The van der Waals surface area contributed by atoms with Crippen molar-refractivity contribution < 1.29 is 17.2 Å². The van der Waals surface area contributed by atoms with E-state index in [9.17, 15) is 12.8 Å². The van der Waals surface area contributed by atoms with Gasteiger partial charge in [-0.1, -0.05) is 42.5 Å². The average molecular weight is 651 g/mol. The maximum absolute atomic E-state index is 16.3. The van der Waals surface area contributed by atoms with Crippen molar-refractivity contribution in [2.24, 2.45) is 0 Å². The molecule has 4 N–H and O–H groups in total. The number of aromatic amines is 2. The first-order chi connectivity index (χ1) is 22.7. The molecule has 0 fully saturated rings. The van der Waals surface area contributed by atoms with E-state index in [-0.39, 0.29) is 23.3 Å². The van der Waals surface area contributed by atoms with E-state index in [1.807, 2.05) is 42.5 Å². The summed E-state index contributed by atoms with van der Waals surface area (Å²) in [5.74, 6) is -0.787. The molecule has 4 aromatic heterocycles. The van der Waals surface area contributed by atoms with Crippen LogP contribution in [-0.4, -0.2) is 44.8 Å². The molecule has 0 unspecified atom stereocenters. The monoisotopic (exact) mass is 650 g/mol. The van der Waals surface area contributed by atoms with E-state index in [1.54, 1.807) is 30.6 Å². The first-order valence-electron chi connectivity index (χ1n) is 14.7. The summed E-state index contributed by atoms with van der Waals surface area (Å²) in [6, 6.07) is 21.6. The number of benzene rings is 3. The molecule has 0 aliphatic carbocycles. The predicted molar refractivity (Wildman–Crippen MR) is 176 cm³/mol. The van der Waals surface area contributed by atoms with Crippen LogP contribution < -0.4 is 10.0 Å². The third kappa shape index (κ3) is 6.49. The molecule has 10 nitrogen and oxygen atoms in total. The molecule has 0 radical (unpaired) electrons. The van der Waals surface area contributed by atoms with Crippen molar-refractivity contribution in [1.29, 1.82) is 0 Å². The van der Waals surface area contributed by atoms with Gasteiger partial charge in [-0.25, -0.2) is 26.9 Å². The Morgan fingerprint density at radius 1 is 0.787 bits per heavy atom. The Bertz CT molecular complexity index is 2360. The number of hydrogen-bond acceptors (Lipinski definition) is 7. The van der Waals surface area contributed by atoms with Gasteiger partial charge < -0.3 is 10.3 Å². The largest absolute Gasteiger partial charge is 0.337 e. The molecule has 0 atom stereocenters. The zero-order valence-electron chi connectivity index (χ0n) is 25.1. The van der Waals surface area contributed by atoms with Gasteiger partial charge in [-0.2, -0.15) is 5.10 Å². The van der Waals surface area contributed by atoms with Gasteiger partial charge in [0.15, 0.2) is 11.6 Å². The molecule has 4 heterocycles. The fourth-order valence-corrected chi connectivity index (χ4v) is 5.94. The minimum absolute atomic E-state index is 0.0665. The Kier molecular flexibility index (Phi) is 8.02. The second-order valence-electron chi connectivity index (χ2n) is 11.2. The Labute approximate surface area is 268 Å². The van der Waals surface area contributed by atoms with Crippen LogP contribution in [0.4, 0.5) is 8.78 Å². The maximum Gasteiger partial charge on any atom is 0.209 e. The molecule has 13 heteroatoms. The normalized spacial score (nSPS) is 11.9. The molecule has 47 heavy (non-hydrogen) atoms. The second-order valence-corrected chi connectivity index (χ2v) is 13.0. The number of aromatic nitrogens is 6. The highest BCUT2D eigenvalue weighted by Gasteiger charge is 2.21. The summed E-state index contributed by atoms with van der Waals surface area (Å²) < 4.78 is 56.5. The highest BCUT2D eigenvalue weighted by atomic mass is 32.2. The molecule has 7 rings (SSSR count). The van der Waals surface area contributed by atoms with Gasteiger partial charge in [0.1, 0.15) is 17.2 Å². The van der Waals surface area contributed by atoms with E-state index in [1.165, 1.54) is 18.3 Å². The lowest BCUT2D eigenvalue weighted by molar-refractivity contribution is 0.586. The topological polar surface area (TPSA) is 141 Å². The van der Waals surface area contributed by atoms with Gasteiger partial charge in [0, 0.05) is 43.2 Å². The van der Waals surface area contributed by atoms with Crippen LogP contribution in [0, 0.1) is 11.6 Å². The smallest absolute Gasteiger partial charge is 0.209 e. The third-order valence-corrected chi connectivity index (χ3v) is 8.33. The van der Waals surface area contributed by atoms with Crippen molar-refractivity contribution in [1.82, 2.24) is 40.2 Å². The van der Waals surface area contributed by atoms with Crippen molar-refractivity contribution in [3.8, 4) is 33.9 Å². The Morgan fingerprint density at radius 3 is 2.43 bits per heavy atom. The summed E-state index contributed by atoms with van der Waals surface area (Å²) in [5.41, 5.74) is 6.04. The molecular formula is C34H28F2N8O2S. The lowest BCUT2D eigenvalue weighted by Gasteiger charge is -2.08. The van der Waals surface area contributed by atoms with Crippen LogP contribution in [0.3, 0.4) is 0 Å². The first kappa shape index (κ1) is 30.3. The molecule has 236 valence electrons. The molecule has 0 saturated heterocycles. The van der Waals surface area contributed by atoms with Crippen LogP contribution in [-0.2, 0) is 29.7 Å². The lowest BCUT2D eigenvalue weighted by Crippen LogP contribution is -2.21. The molecule has 0 saturated carbocycles. The van der Waals surface area contributed by atoms with E-state index < -0.39 is 21.7 Å². The number of imidazole rings is 1. The summed E-state index contributed by atoms with van der Waals surface area (Å²) >= 11 is 0. The second kappa shape index (κ2) is 12.4. The first-order valence-corrected chi connectivity index (χ1v) is 16.6. The Hall–Kier alpha value is -5.37. The van der Waals surface area contributed by atoms with E-state index in [0.717, 1.165) is 17.4 Å². The van der Waals surface area contributed by atoms with Crippen molar-refractivity contribution in [3.63, 3.8) is 0 Å². The molecule has 7 aromatic rings. The summed E-state index contributed by atoms with van der Waals surface area (Å²) in [6.45, 7) is 1.16. The molecule has 0 aliphatic heterocycles. The van der Waals surface area contributed by atoms with Crippen LogP contribution in [0.25, 0.3) is 55.8 Å². The number of para-hydroxylation sites is 1. The van der Waals surface area contributed by atoms with E-state index in [2.05, 4.69) is 35.2 Å². The van der Waals surface area contributed by atoms with Crippen LogP contribution in [0.15, 0.2) is 91.4 Å². The quantitative estimate of drug-likeness (QED) is 0.146. The predicted octanol–water partition coefficient (Wildman–Crippen LogP) is 5.85. The lowest BCUT2D eigenvalue weighted by atomic mass is 10.0. The molecule has 0 amide bonds. The van der Waals surface area contributed by atoms with Gasteiger partial charge in [-0.15, -0.1) is 0 Å². The Balaban J connectivity index is 1.22. The van der Waals surface area contributed by atoms with Gasteiger partial charge >= 0.3 is 0 Å². The highest BCUT2D eigenvalue weighted by molar-refractivity contribution is 7.88. The van der Waals surface area contributed by atoms with Gasteiger partial charge in [-0.05, 0) is 52.6 Å². The van der Waals surface area contributed by atoms with Crippen molar-refractivity contribution in [3.05, 3.63) is 120 Å². The number of nitrogens with one attached hydrogen (secondary N) is 4. The van der Waals surface area contributed by atoms with Crippen LogP contribution in [0.2, 0.25) is 0 Å². The maximum atomic E-state index is 16.3. The van der Waals surface area contributed by atoms with Crippen LogP contribution in [0.5, 0.6) is 0 Å². The Morgan fingerprint density at radius 2 is 1.60 bits per heavy atom. The number of nitrogens with zero attached hydrogens (tertiary/aromatic N) is 4. The fourth-order valence-electron chi connectivity index (χ4n) is 5.51. The molecule has 0 spiro atoms. The number of pyridine rings is 2. The van der Waals surface area contributed by atoms with Crippen molar-refractivity contribution in [2.45, 2.75) is 19.6 Å². The van der Waals surface area contributed by atoms with Gasteiger partial charge in [0.25, 0.3) is 0 Å². The SMILES string of the molecule is CS(=O)(=O)NCc1cc(F)cc(-c2cccc3[nH]c(-c4n[nH]c5cnc(-c6cncc(CNCc7ccccc7)c6)c(F)c45)nc23)c1. The number of H-pyrrole nitrogens is 2. The van der Waals surface area contributed by atoms with Gasteiger partial charge in [-0.3, -0.25) is 15.1 Å². The highest BCUT2D eigenvalue weighted by Crippen LogP contribution is 2.35. The summed E-state index contributed by atoms with van der Waals surface area (Å²) in [6.07, 6.45) is 5.87. The van der Waals surface area contributed by atoms with Crippen molar-refractivity contribution in [2.75, 3.05) is 6.26 Å². The van der Waals surface area contributed by atoms with Crippen LogP contribution >= 0.6 is 0 Å². The fraction of sp³-hybridized carbons (Fsp3) is 0.118. The van der Waals surface area contributed by atoms with Gasteiger partial charge in [0.05, 0.1) is 34.4 Å². The summed E-state index contributed by atoms with van der Waals surface area (Å²) in [4.78, 5) is 16.7. The molecule has 3 aromatic carbocycles. The number of rotatable bonds is 10. The zero-order chi connectivity index (χ0) is 32.5. The average Bonchev–Trinajstić information content (AvgIpc) is 3.69. The number of fused-ring (bicyclic) bond motifs is 2. The minimum Gasteiger partial charge on any atom is -0.337 e. The van der Waals surface area contributed by atoms with E-state index in [4.69, 9.17) is 4.98 Å². The number of sulfonamides is 1. The zero-order valence-corrected chi connectivity index (χ0v) is 25.9.